The van der Waals surface area contributed by atoms with Gasteiger partial charge in [0.2, 0.25) is 35.5 Å². The number of carbonyl (C=O) groups excluding carboxylic acids is 2. The van der Waals surface area contributed by atoms with Crippen molar-refractivity contribution in [2.24, 2.45) is 40.0 Å². The molecule has 0 spiro atoms. The van der Waals surface area contributed by atoms with Crippen molar-refractivity contribution in [2.45, 2.75) is 104 Å². The Morgan fingerprint density at radius 1 is 0.490 bits per heavy atom. The van der Waals surface area contributed by atoms with Crippen LogP contribution < -0.4 is 32.3 Å². The largest absolute Gasteiger partial charge is 0.444 e. The Bertz CT molecular complexity index is 4130. The molecule has 4 aliphatic heterocycles. The molecule has 0 unspecified atom stereocenters. The molecule has 4 saturated heterocycles. The molecule has 0 radical (unpaired) electrons. The molecule has 0 saturated carbocycles. The van der Waals surface area contributed by atoms with Crippen LogP contribution in [0.3, 0.4) is 0 Å². The maximum absolute atomic E-state index is 13.5. The van der Waals surface area contributed by atoms with E-state index in [0.29, 0.717) is 92.4 Å². The molecule has 12 rings (SSSR count). The Labute approximate surface area is 573 Å². The first-order chi connectivity index (χ1) is 45.6. The number of fused-ring (bicyclic) bond motifs is 2. The fraction of sp³-hybridized carbons (Fsp3) is 0.562. The maximum atomic E-state index is 13.5. The van der Waals surface area contributed by atoms with Gasteiger partial charge in [0.25, 0.3) is 11.1 Å². The summed E-state index contributed by atoms with van der Waals surface area (Å²) in [6.07, 6.45) is 5.56. The highest BCUT2D eigenvalue weighted by atomic mass is 35.5. The standard InChI is InChI=1S/2C32H41Cl2N9O5/c2*1-32(2,3)48-31(46)42-12-9-20(10-13-42)8-11-40-14-16-41(17-15-40)29-35-26-25(28(44)39(5)30(45)38(26)4)43(29)19-24-36-37-27(47-24)21-6-7-22(33)23(34)18-21/h2*6-7,18,20H,8-17,19H2,1-5H3. The number of halogens is 4. The van der Waals surface area contributed by atoms with Gasteiger partial charge in [-0.15, -0.1) is 20.4 Å². The quantitative estimate of drug-likeness (QED) is 0.0997. The zero-order valence-electron chi connectivity index (χ0n) is 55.8. The first-order valence-electron chi connectivity index (χ1n) is 32.4. The number of anilines is 2. The minimum absolute atomic E-state index is 0.0792. The van der Waals surface area contributed by atoms with Crippen LogP contribution >= 0.6 is 46.4 Å². The maximum Gasteiger partial charge on any atom is 0.410 e. The van der Waals surface area contributed by atoms with Gasteiger partial charge in [0, 0.05) is 118 Å². The fourth-order valence-electron chi connectivity index (χ4n) is 12.6. The van der Waals surface area contributed by atoms with Crippen molar-refractivity contribution in [2.75, 3.05) is 101 Å². The molecule has 8 aromatic rings. The number of nitrogens with zero attached hydrogens (tertiary/aromatic N) is 18. The van der Waals surface area contributed by atoms with E-state index in [-0.39, 0.29) is 59.9 Å². The van der Waals surface area contributed by atoms with Crippen LogP contribution in [-0.2, 0) is 50.8 Å². The number of hydrogen-bond donors (Lipinski definition) is 0. The van der Waals surface area contributed by atoms with E-state index < -0.39 is 33.7 Å². The van der Waals surface area contributed by atoms with Crippen molar-refractivity contribution in [3.63, 3.8) is 0 Å². The summed E-state index contributed by atoms with van der Waals surface area (Å²) in [5, 5.41) is 18.4. The van der Waals surface area contributed by atoms with E-state index in [2.05, 4.69) is 40.0 Å². The number of likely N-dealkylation sites (tertiary alicyclic amines) is 2. The first-order valence-corrected chi connectivity index (χ1v) is 33.9. The average Bonchev–Trinajstić information content (AvgIpc) is 1.59. The molecule has 6 aromatic heterocycles. The molecule has 96 heavy (non-hydrogen) atoms. The minimum Gasteiger partial charge on any atom is -0.444 e. The van der Waals surface area contributed by atoms with Gasteiger partial charge in [-0.3, -0.25) is 46.8 Å². The van der Waals surface area contributed by atoms with Gasteiger partial charge in [-0.05, 0) is 141 Å². The summed E-state index contributed by atoms with van der Waals surface area (Å²) in [7, 11) is 6.12. The molecular weight excluding hydrogens is 1320 g/mol. The number of carbonyl (C=O) groups is 2. The van der Waals surface area contributed by atoms with Crippen molar-refractivity contribution in [3.8, 4) is 22.9 Å². The monoisotopic (exact) mass is 1400 g/mol. The number of piperidine rings is 2. The summed E-state index contributed by atoms with van der Waals surface area (Å²) < 4.78 is 31.5. The lowest BCUT2D eigenvalue weighted by Crippen LogP contribution is -2.48. The Morgan fingerprint density at radius 2 is 0.844 bits per heavy atom. The molecular formula is C64H82Cl4N18O10. The molecule has 0 aliphatic carbocycles. The van der Waals surface area contributed by atoms with Crippen LogP contribution in [-0.4, -0.2) is 192 Å². The lowest BCUT2D eigenvalue weighted by molar-refractivity contribution is 0.0167. The smallest absolute Gasteiger partial charge is 0.410 e. The summed E-state index contributed by atoms with van der Waals surface area (Å²) in [6, 6.07) is 10.1. The second kappa shape index (κ2) is 28.7. The van der Waals surface area contributed by atoms with E-state index in [1.165, 1.54) is 23.2 Å². The lowest BCUT2D eigenvalue weighted by Gasteiger charge is -2.37. The molecule has 516 valence electrons. The van der Waals surface area contributed by atoms with Crippen molar-refractivity contribution in [3.05, 3.63) is 110 Å². The van der Waals surface area contributed by atoms with Gasteiger partial charge >= 0.3 is 23.6 Å². The van der Waals surface area contributed by atoms with E-state index in [1.54, 1.807) is 59.6 Å². The van der Waals surface area contributed by atoms with Crippen LogP contribution in [0.15, 0.2) is 64.4 Å². The zero-order valence-corrected chi connectivity index (χ0v) is 58.8. The number of aryl methyl sites for hydroxylation is 2. The number of rotatable bonds is 14. The molecule has 0 bridgehead atoms. The van der Waals surface area contributed by atoms with Crippen molar-refractivity contribution in [1.82, 2.24) is 77.4 Å². The summed E-state index contributed by atoms with van der Waals surface area (Å²) in [4.78, 5) is 99.8. The van der Waals surface area contributed by atoms with Crippen LogP contribution in [0.25, 0.3) is 45.2 Å². The average molecular weight is 1410 g/mol. The first kappa shape index (κ1) is 69.6. The van der Waals surface area contributed by atoms with Gasteiger partial charge in [-0.2, -0.15) is 9.97 Å². The van der Waals surface area contributed by atoms with Crippen LogP contribution in [0.5, 0.6) is 0 Å². The Balaban J connectivity index is 0.000000195. The van der Waals surface area contributed by atoms with Gasteiger partial charge in [0.05, 0.1) is 20.1 Å². The number of imidazole rings is 2. The van der Waals surface area contributed by atoms with E-state index in [9.17, 15) is 28.8 Å². The number of hydrogen-bond acceptors (Lipinski definition) is 20. The van der Waals surface area contributed by atoms with Crippen molar-refractivity contribution < 1.29 is 27.9 Å². The predicted molar refractivity (Wildman–Crippen MR) is 366 cm³/mol. The Hall–Kier alpha value is -7.76. The van der Waals surface area contributed by atoms with Gasteiger partial charge in [0.15, 0.2) is 22.3 Å². The van der Waals surface area contributed by atoms with Crippen LogP contribution in [0, 0.1) is 11.8 Å². The number of aromatic nitrogens is 12. The SMILES string of the molecule is Cn1c(=O)c2c(nc(N3CCN(CCC4CCN(C(=O)OC(C)(C)C)CC4)CC3)n2Cc2nnc(-c3ccc(Cl)c(Cl)c3)o2)n(C)c1=O.Cn1c(=O)c2c(nc(N3CCN(CCC4CCN(C(=O)OC(C)(C)C)CC4)CC3)n2Cc2nnc(-c3ccc(Cl)c(Cl)c3)o2)n(C)c1=O. The molecule has 0 atom stereocenters. The second-order valence-corrected chi connectivity index (χ2v) is 28.7. The molecule has 2 aromatic carbocycles. The van der Waals surface area contributed by atoms with E-state index in [1.807, 2.05) is 51.3 Å². The molecule has 0 N–H and O–H groups in total. The highest BCUT2D eigenvalue weighted by Gasteiger charge is 2.33. The summed E-state index contributed by atoms with van der Waals surface area (Å²) in [6.45, 7) is 22.3. The highest BCUT2D eigenvalue weighted by Crippen LogP contribution is 2.33. The molecule has 32 heteroatoms. The molecule has 28 nitrogen and oxygen atoms in total. The van der Waals surface area contributed by atoms with Crippen molar-refractivity contribution in [1.29, 1.82) is 0 Å². The normalized spacial score (nSPS) is 16.6. The predicted octanol–water partition coefficient (Wildman–Crippen LogP) is 8.00. The second-order valence-electron chi connectivity index (χ2n) is 27.1. The summed E-state index contributed by atoms with van der Waals surface area (Å²) in [5.74, 6) is 3.31. The third-order valence-electron chi connectivity index (χ3n) is 18.1. The van der Waals surface area contributed by atoms with E-state index >= 15 is 0 Å². The van der Waals surface area contributed by atoms with Crippen LogP contribution in [0.4, 0.5) is 21.5 Å². The molecule has 4 aliphatic rings. The topological polar surface area (TPSA) is 274 Å². The van der Waals surface area contributed by atoms with E-state index in [4.69, 9.17) is 74.7 Å². The van der Waals surface area contributed by atoms with Gasteiger partial charge in [-0.1, -0.05) is 46.4 Å². The van der Waals surface area contributed by atoms with Crippen LogP contribution in [0.2, 0.25) is 20.1 Å². The van der Waals surface area contributed by atoms with Gasteiger partial charge < -0.3 is 37.9 Å². The number of amides is 2. The number of ether oxygens (including phenoxy) is 2. The Morgan fingerprint density at radius 3 is 1.18 bits per heavy atom. The third kappa shape index (κ3) is 15.6. The summed E-state index contributed by atoms with van der Waals surface area (Å²) in [5.41, 5.74) is -0.415. The third-order valence-corrected chi connectivity index (χ3v) is 19.5. The van der Waals surface area contributed by atoms with Crippen LogP contribution in [0.1, 0.15) is 91.8 Å². The highest BCUT2D eigenvalue weighted by molar-refractivity contribution is 6.42. The fourth-order valence-corrected chi connectivity index (χ4v) is 13.2. The van der Waals surface area contributed by atoms with Gasteiger partial charge in [0.1, 0.15) is 24.3 Å². The van der Waals surface area contributed by atoms with Crippen molar-refractivity contribution >= 4 is 92.8 Å². The minimum atomic E-state index is -0.491. The zero-order chi connectivity index (χ0) is 68.7. The molecule has 2 amide bonds. The number of piperazine rings is 2. The molecule has 10 heterocycles. The van der Waals surface area contributed by atoms with E-state index in [0.717, 1.165) is 113 Å². The van der Waals surface area contributed by atoms with Gasteiger partial charge in [-0.25, -0.2) is 19.2 Å². The Kier molecular flexibility index (Phi) is 20.8. The molecule has 4 fully saturated rings. The lowest BCUT2D eigenvalue weighted by atomic mass is 9.93. The summed E-state index contributed by atoms with van der Waals surface area (Å²) >= 11 is 24.5. The number of benzene rings is 2.